The van der Waals surface area contributed by atoms with E-state index in [0.717, 1.165) is 17.8 Å². The van der Waals surface area contributed by atoms with Gasteiger partial charge in [-0.1, -0.05) is 11.6 Å². The van der Waals surface area contributed by atoms with Gasteiger partial charge in [0.2, 0.25) is 5.16 Å². The number of aromatic amines is 1. The van der Waals surface area contributed by atoms with Crippen molar-refractivity contribution in [2.24, 2.45) is 0 Å². The average molecular weight is 343 g/mol. The van der Waals surface area contributed by atoms with Crippen molar-refractivity contribution >= 4 is 35.0 Å². The topological polar surface area (TPSA) is 111 Å². The van der Waals surface area contributed by atoms with Crippen LogP contribution in [0, 0.1) is 17.0 Å². The summed E-state index contributed by atoms with van der Waals surface area (Å²) < 4.78 is 4.82. The lowest BCUT2D eigenvalue weighted by Crippen LogP contribution is -2.06. The molecule has 1 N–H and O–H groups in total. The van der Waals surface area contributed by atoms with Crippen molar-refractivity contribution in [1.29, 1.82) is 0 Å². The summed E-state index contributed by atoms with van der Waals surface area (Å²) in [6, 6.07) is 2.46. The van der Waals surface area contributed by atoms with Gasteiger partial charge < -0.3 is 4.74 Å². The predicted molar refractivity (Wildman–Crippen MR) is 79.3 cm³/mol. The third-order valence-electron chi connectivity index (χ3n) is 2.50. The van der Waals surface area contributed by atoms with E-state index in [2.05, 4.69) is 15.2 Å². The molecule has 0 unspecified atom stereocenters. The van der Waals surface area contributed by atoms with E-state index >= 15 is 0 Å². The molecule has 0 bridgehead atoms. The first-order valence-electron chi connectivity index (χ1n) is 6.14. The van der Waals surface area contributed by atoms with E-state index in [1.807, 2.05) is 0 Å². The minimum atomic E-state index is -0.669. The normalized spacial score (nSPS) is 10.5. The first kappa shape index (κ1) is 16.2. The number of H-pyrrole nitrogens is 1. The van der Waals surface area contributed by atoms with E-state index in [0.29, 0.717) is 11.0 Å². The van der Waals surface area contributed by atoms with Gasteiger partial charge >= 0.3 is 5.97 Å². The van der Waals surface area contributed by atoms with E-state index in [-0.39, 0.29) is 27.8 Å². The number of hydrogen-bond acceptors (Lipinski definition) is 7. The Morgan fingerprint density at radius 1 is 1.55 bits per heavy atom. The number of nitro benzene ring substituents is 1. The second-order valence-electron chi connectivity index (χ2n) is 4.09. The van der Waals surface area contributed by atoms with Crippen molar-refractivity contribution in [3.05, 3.63) is 38.7 Å². The molecule has 0 radical (unpaired) electrons. The number of aromatic nitrogens is 3. The largest absolute Gasteiger partial charge is 0.462 e. The Balaban J connectivity index is 2.44. The van der Waals surface area contributed by atoms with Crippen LogP contribution in [0.2, 0.25) is 5.02 Å². The Bertz CT molecular complexity index is 734. The highest BCUT2D eigenvalue weighted by Crippen LogP contribution is 2.39. The maximum atomic E-state index is 11.7. The van der Waals surface area contributed by atoms with Crippen LogP contribution in [0.15, 0.2) is 22.2 Å². The monoisotopic (exact) mass is 342 g/mol. The number of nitrogens with zero attached hydrogens (tertiary/aromatic N) is 3. The fourth-order valence-corrected chi connectivity index (χ4v) is 2.79. The number of aryl methyl sites for hydroxylation is 1. The van der Waals surface area contributed by atoms with Crippen molar-refractivity contribution in [1.82, 2.24) is 15.2 Å². The van der Waals surface area contributed by atoms with Crippen LogP contribution < -0.4 is 0 Å². The molecule has 1 heterocycles. The number of hydrogen-bond donors (Lipinski definition) is 1. The number of rotatable bonds is 5. The standard InChI is InChI=1S/C12H11ClN4O4S/c1-3-21-11(18)7-4-8(13)10(9(5-7)17(19)20)22-12-14-6(2)15-16-12/h4-5H,3H2,1-2H3,(H,14,15,16). The molecule has 2 rings (SSSR count). The maximum absolute atomic E-state index is 11.7. The molecule has 22 heavy (non-hydrogen) atoms. The highest BCUT2D eigenvalue weighted by Gasteiger charge is 2.24. The molecular weight excluding hydrogens is 332 g/mol. The van der Waals surface area contributed by atoms with Gasteiger partial charge in [0.05, 0.1) is 22.1 Å². The number of nitrogens with one attached hydrogen (secondary N) is 1. The van der Waals surface area contributed by atoms with E-state index in [1.165, 1.54) is 6.07 Å². The number of benzene rings is 1. The van der Waals surface area contributed by atoms with Gasteiger partial charge in [-0.2, -0.15) is 0 Å². The van der Waals surface area contributed by atoms with Crippen molar-refractivity contribution in [3.8, 4) is 0 Å². The van der Waals surface area contributed by atoms with Gasteiger partial charge in [0, 0.05) is 6.07 Å². The Morgan fingerprint density at radius 3 is 2.82 bits per heavy atom. The number of nitro groups is 1. The molecule has 10 heteroatoms. The van der Waals surface area contributed by atoms with Crippen LogP contribution in [0.3, 0.4) is 0 Å². The Labute approximate surface area is 134 Å². The van der Waals surface area contributed by atoms with E-state index < -0.39 is 10.9 Å². The summed E-state index contributed by atoms with van der Waals surface area (Å²) in [5.41, 5.74) is -0.280. The second kappa shape index (κ2) is 6.75. The summed E-state index contributed by atoms with van der Waals surface area (Å²) in [5.74, 6) is -0.0952. The van der Waals surface area contributed by atoms with E-state index in [4.69, 9.17) is 16.3 Å². The Kier molecular flexibility index (Phi) is 4.99. The molecule has 0 fully saturated rings. The van der Waals surface area contributed by atoms with Crippen LogP contribution in [-0.4, -0.2) is 32.7 Å². The highest BCUT2D eigenvalue weighted by molar-refractivity contribution is 7.99. The first-order chi connectivity index (χ1) is 10.4. The van der Waals surface area contributed by atoms with Gasteiger partial charge in [-0.05, 0) is 31.7 Å². The molecule has 116 valence electrons. The highest BCUT2D eigenvalue weighted by atomic mass is 35.5. The van der Waals surface area contributed by atoms with Crippen LogP contribution in [0.25, 0.3) is 0 Å². The predicted octanol–water partition coefficient (Wildman–Crippen LogP) is 3.00. The van der Waals surface area contributed by atoms with E-state index in [9.17, 15) is 14.9 Å². The Hall–Kier alpha value is -2.13. The summed E-state index contributed by atoms with van der Waals surface area (Å²) >= 11 is 7.03. The second-order valence-corrected chi connectivity index (χ2v) is 5.47. The summed E-state index contributed by atoms with van der Waals surface area (Å²) in [6.07, 6.45) is 0. The number of esters is 1. The molecule has 0 spiro atoms. The van der Waals surface area contributed by atoms with Crippen molar-refractivity contribution in [2.45, 2.75) is 23.9 Å². The molecule has 0 aliphatic heterocycles. The van der Waals surface area contributed by atoms with Gasteiger partial charge in [-0.3, -0.25) is 15.2 Å². The van der Waals surface area contributed by atoms with Crippen molar-refractivity contribution < 1.29 is 14.5 Å². The first-order valence-corrected chi connectivity index (χ1v) is 7.33. The number of carbonyl (C=O) groups excluding carboxylic acids is 1. The molecule has 1 aromatic carbocycles. The van der Waals surface area contributed by atoms with Crippen LogP contribution in [0.5, 0.6) is 0 Å². The minimum Gasteiger partial charge on any atom is -0.462 e. The molecule has 0 aliphatic rings. The van der Waals surface area contributed by atoms with Gasteiger partial charge in [-0.15, -0.1) is 5.10 Å². The number of halogens is 1. The minimum absolute atomic E-state index is 0.0223. The smallest absolute Gasteiger partial charge is 0.338 e. The molecule has 0 aliphatic carbocycles. The number of ether oxygens (including phenoxy) is 1. The fourth-order valence-electron chi connectivity index (χ4n) is 1.61. The Morgan fingerprint density at radius 2 is 2.27 bits per heavy atom. The van der Waals surface area contributed by atoms with Gasteiger partial charge in [0.25, 0.3) is 5.69 Å². The molecule has 2 aromatic rings. The lowest BCUT2D eigenvalue weighted by molar-refractivity contribution is -0.387. The average Bonchev–Trinajstić information content (AvgIpc) is 2.86. The third-order valence-corrected chi connectivity index (χ3v) is 3.91. The molecule has 0 saturated heterocycles. The zero-order valence-corrected chi connectivity index (χ0v) is 13.2. The molecule has 0 saturated carbocycles. The van der Waals surface area contributed by atoms with Crippen molar-refractivity contribution in [2.75, 3.05) is 6.61 Å². The van der Waals surface area contributed by atoms with Crippen LogP contribution in [0.4, 0.5) is 5.69 Å². The zero-order valence-electron chi connectivity index (χ0n) is 11.6. The summed E-state index contributed by atoms with van der Waals surface area (Å²) in [4.78, 5) is 26.5. The maximum Gasteiger partial charge on any atom is 0.338 e. The molecule has 0 amide bonds. The molecule has 1 aromatic heterocycles. The SMILES string of the molecule is CCOC(=O)c1cc(Cl)c(Sc2n[nH]c(C)n2)c([N+](=O)[O-])c1. The van der Waals surface area contributed by atoms with Crippen LogP contribution in [-0.2, 0) is 4.74 Å². The molecule has 8 nitrogen and oxygen atoms in total. The van der Waals surface area contributed by atoms with Gasteiger partial charge in [0.15, 0.2) is 0 Å². The fraction of sp³-hybridized carbons (Fsp3) is 0.250. The lowest BCUT2D eigenvalue weighted by Gasteiger charge is -2.06. The van der Waals surface area contributed by atoms with Crippen LogP contribution in [0.1, 0.15) is 23.1 Å². The summed E-state index contributed by atoms with van der Waals surface area (Å²) in [6.45, 7) is 3.51. The van der Waals surface area contributed by atoms with Crippen LogP contribution >= 0.6 is 23.4 Å². The van der Waals surface area contributed by atoms with Gasteiger partial charge in [0.1, 0.15) is 10.7 Å². The summed E-state index contributed by atoms with van der Waals surface area (Å²) in [7, 11) is 0. The zero-order chi connectivity index (χ0) is 16.3. The lowest BCUT2D eigenvalue weighted by atomic mass is 10.2. The van der Waals surface area contributed by atoms with Gasteiger partial charge in [-0.25, -0.2) is 9.78 Å². The third kappa shape index (κ3) is 3.55. The molecular formula is C12H11ClN4O4S. The quantitative estimate of drug-likeness (QED) is 0.505. The summed E-state index contributed by atoms with van der Waals surface area (Å²) in [5, 5.41) is 18.1. The molecule has 0 atom stereocenters. The van der Waals surface area contributed by atoms with E-state index in [1.54, 1.807) is 13.8 Å². The van der Waals surface area contributed by atoms with Crippen molar-refractivity contribution in [3.63, 3.8) is 0 Å². The number of carbonyl (C=O) groups is 1.